The minimum Gasteiger partial charge on any atom is -0.352 e. The highest BCUT2D eigenvalue weighted by atomic mass is 16.2. The van der Waals surface area contributed by atoms with Crippen molar-refractivity contribution in [2.75, 3.05) is 6.54 Å². The van der Waals surface area contributed by atoms with E-state index < -0.39 is 5.41 Å². The molecule has 2 atom stereocenters. The van der Waals surface area contributed by atoms with E-state index in [2.05, 4.69) is 12.2 Å². The topological polar surface area (TPSA) is 66.5 Å². The number of nitrogens with zero attached hydrogens (tertiary/aromatic N) is 1. The summed E-state index contributed by atoms with van der Waals surface area (Å²) < 4.78 is 0. The molecule has 3 fully saturated rings. The molecule has 5 heteroatoms. The Hall–Kier alpha value is -1.39. The number of likely N-dealkylation sites (tertiary alicyclic amines) is 1. The maximum atomic E-state index is 12.7. The summed E-state index contributed by atoms with van der Waals surface area (Å²) in [6, 6.07) is 0.188. The molecule has 0 bridgehead atoms. The average Bonchev–Trinajstić information content (AvgIpc) is 2.75. The summed E-state index contributed by atoms with van der Waals surface area (Å²) in [6.07, 6.45) is 9.57. The number of carbonyl (C=O) groups is 3. The summed E-state index contributed by atoms with van der Waals surface area (Å²) in [6.45, 7) is 2.07. The first-order valence-electron chi connectivity index (χ1n) is 9.16. The molecular weight excluding hydrogens is 292 g/mol. The molecule has 0 unspecified atom stereocenters. The van der Waals surface area contributed by atoms with E-state index in [1.807, 2.05) is 0 Å². The zero-order valence-electron chi connectivity index (χ0n) is 14.1. The molecule has 5 nitrogen and oxygen atoms in total. The molecule has 1 aliphatic heterocycles. The monoisotopic (exact) mass is 320 g/mol. The van der Waals surface area contributed by atoms with Gasteiger partial charge in [0.1, 0.15) is 6.54 Å². The number of hydrogen-bond donors (Lipinski definition) is 1. The van der Waals surface area contributed by atoms with Gasteiger partial charge in [0, 0.05) is 12.5 Å². The lowest BCUT2D eigenvalue weighted by Gasteiger charge is -2.31. The molecule has 0 radical (unpaired) electrons. The highest BCUT2D eigenvalue weighted by molar-refractivity contribution is 6.08. The lowest BCUT2D eigenvalue weighted by molar-refractivity contribution is -0.145. The predicted molar refractivity (Wildman–Crippen MR) is 86.4 cm³/mol. The smallest absolute Gasteiger partial charge is 0.240 e. The maximum absolute atomic E-state index is 12.7. The maximum Gasteiger partial charge on any atom is 0.240 e. The van der Waals surface area contributed by atoms with Crippen LogP contribution in [0.15, 0.2) is 0 Å². The number of amides is 3. The van der Waals surface area contributed by atoms with Crippen LogP contribution in [0.5, 0.6) is 0 Å². The Morgan fingerprint density at radius 3 is 2.52 bits per heavy atom. The van der Waals surface area contributed by atoms with Crippen molar-refractivity contribution in [2.45, 2.75) is 77.2 Å². The summed E-state index contributed by atoms with van der Waals surface area (Å²) in [4.78, 5) is 38.5. The standard InChI is InChI=1S/C18H28N2O3/c1-13-7-3-4-8-14(13)19-15(21)12-20-16(22)11-18(17(20)23)9-5-2-6-10-18/h13-14H,2-12H2,1H3,(H,19,21)/t13-,14+/m0/s1. The van der Waals surface area contributed by atoms with E-state index >= 15 is 0 Å². The number of imide groups is 1. The van der Waals surface area contributed by atoms with Crippen LogP contribution >= 0.6 is 0 Å². The third-order valence-electron chi connectivity index (χ3n) is 6.06. The third kappa shape index (κ3) is 3.29. The Bertz CT molecular complexity index is 496. The molecule has 0 aromatic heterocycles. The van der Waals surface area contributed by atoms with Gasteiger partial charge in [-0.25, -0.2) is 0 Å². The molecule has 3 aliphatic rings. The highest BCUT2D eigenvalue weighted by Crippen LogP contribution is 2.45. The Morgan fingerprint density at radius 2 is 1.83 bits per heavy atom. The zero-order chi connectivity index (χ0) is 16.4. The molecule has 0 aromatic rings. The van der Waals surface area contributed by atoms with E-state index in [1.165, 1.54) is 11.3 Å². The first kappa shape index (κ1) is 16.5. The van der Waals surface area contributed by atoms with E-state index in [9.17, 15) is 14.4 Å². The Labute approximate surface area is 138 Å². The van der Waals surface area contributed by atoms with Gasteiger partial charge in [0.2, 0.25) is 17.7 Å². The average molecular weight is 320 g/mol. The van der Waals surface area contributed by atoms with Crippen molar-refractivity contribution in [3.8, 4) is 0 Å². The van der Waals surface area contributed by atoms with Crippen LogP contribution in [0.2, 0.25) is 0 Å². The van der Waals surface area contributed by atoms with Gasteiger partial charge in [-0.15, -0.1) is 0 Å². The zero-order valence-corrected chi connectivity index (χ0v) is 14.1. The molecule has 1 heterocycles. The van der Waals surface area contributed by atoms with E-state index in [4.69, 9.17) is 0 Å². The van der Waals surface area contributed by atoms with E-state index in [0.717, 1.165) is 51.4 Å². The van der Waals surface area contributed by atoms with Gasteiger partial charge < -0.3 is 5.32 Å². The Balaban J connectivity index is 1.59. The first-order valence-corrected chi connectivity index (χ1v) is 9.16. The van der Waals surface area contributed by atoms with Gasteiger partial charge in [-0.1, -0.05) is 39.0 Å². The normalized spacial score (nSPS) is 30.7. The van der Waals surface area contributed by atoms with Crippen LogP contribution in [0.25, 0.3) is 0 Å². The van der Waals surface area contributed by atoms with Crippen molar-refractivity contribution in [2.24, 2.45) is 11.3 Å². The third-order valence-corrected chi connectivity index (χ3v) is 6.06. The molecule has 2 saturated carbocycles. The van der Waals surface area contributed by atoms with Crippen LogP contribution in [-0.2, 0) is 14.4 Å². The summed E-state index contributed by atoms with van der Waals surface area (Å²) in [5, 5.41) is 3.04. The summed E-state index contributed by atoms with van der Waals surface area (Å²) >= 11 is 0. The second-order valence-corrected chi connectivity index (χ2v) is 7.74. The second kappa shape index (κ2) is 6.62. The summed E-state index contributed by atoms with van der Waals surface area (Å²) in [5.74, 6) is 0.0264. The van der Waals surface area contributed by atoms with Crippen molar-refractivity contribution < 1.29 is 14.4 Å². The molecule has 1 N–H and O–H groups in total. The van der Waals surface area contributed by atoms with Crippen LogP contribution in [0.3, 0.4) is 0 Å². The molecule has 1 spiro atoms. The fourth-order valence-corrected chi connectivity index (χ4v) is 4.57. The van der Waals surface area contributed by atoms with E-state index in [-0.39, 0.29) is 30.3 Å². The summed E-state index contributed by atoms with van der Waals surface area (Å²) in [7, 11) is 0. The lowest BCUT2D eigenvalue weighted by atomic mass is 9.73. The molecule has 3 amide bonds. The number of nitrogens with one attached hydrogen (secondary N) is 1. The van der Waals surface area contributed by atoms with Gasteiger partial charge in [0.05, 0.1) is 5.41 Å². The van der Waals surface area contributed by atoms with Gasteiger partial charge in [-0.3, -0.25) is 19.3 Å². The minimum absolute atomic E-state index is 0.0946. The molecule has 3 rings (SSSR count). The van der Waals surface area contributed by atoms with Gasteiger partial charge in [-0.05, 0) is 31.6 Å². The Morgan fingerprint density at radius 1 is 1.13 bits per heavy atom. The van der Waals surface area contributed by atoms with Gasteiger partial charge in [0.25, 0.3) is 0 Å². The quantitative estimate of drug-likeness (QED) is 0.812. The minimum atomic E-state index is -0.492. The van der Waals surface area contributed by atoms with E-state index in [1.54, 1.807) is 0 Å². The Kier molecular flexibility index (Phi) is 4.74. The largest absolute Gasteiger partial charge is 0.352 e. The van der Waals surface area contributed by atoms with Crippen LogP contribution in [0.4, 0.5) is 0 Å². The summed E-state index contributed by atoms with van der Waals surface area (Å²) in [5.41, 5.74) is -0.492. The van der Waals surface area contributed by atoms with Crippen LogP contribution in [0.1, 0.15) is 71.1 Å². The first-order chi connectivity index (χ1) is 11.0. The molecule has 2 aliphatic carbocycles. The molecule has 128 valence electrons. The number of carbonyl (C=O) groups excluding carboxylic acids is 3. The van der Waals surface area contributed by atoms with E-state index in [0.29, 0.717) is 12.3 Å². The highest BCUT2D eigenvalue weighted by Gasteiger charge is 2.51. The molecule has 0 aromatic carbocycles. The number of hydrogen-bond acceptors (Lipinski definition) is 3. The van der Waals surface area contributed by atoms with Crippen molar-refractivity contribution in [3.05, 3.63) is 0 Å². The fraction of sp³-hybridized carbons (Fsp3) is 0.833. The van der Waals surface area contributed by atoms with Crippen LogP contribution in [-0.4, -0.2) is 35.2 Å². The van der Waals surface area contributed by atoms with Crippen molar-refractivity contribution >= 4 is 17.7 Å². The van der Waals surface area contributed by atoms with Gasteiger partial charge in [0.15, 0.2) is 0 Å². The second-order valence-electron chi connectivity index (χ2n) is 7.74. The van der Waals surface area contributed by atoms with Crippen molar-refractivity contribution in [1.29, 1.82) is 0 Å². The van der Waals surface area contributed by atoms with Gasteiger partial charge >= 0.3 is 0 Å². The SMILES string of the molecule is C[C@H]1CCCC[C@H]1NC(=O)CN1C(=O)CC2(CCCCC2)C1=O. The lowest BCUT2D eigenvalue weighted by Crippen LogP contribution is -2.47. The number of rotatable bonds is 3. The molecule has 23 heavy (non-hydrogen) atoms. The van der Waals surface area contributed by atoms with Crippen LogP contribution in [0, 0.1) is 11.3 Å². The van der Waals surface area contributed by atoms with Crippen molar-refractivity contribution in [3.63, 3.8) is 0 Å². The molecular formula is C18H28N2O3. The molecule has 1 saturated heterocycles. The van der Waals surface area contributed by atoms with Crippen LogP contribution < -0.4 is 5.32 Å². The van der Waals surface area contributed by atoms with Gasteiger partial charge in [-0.2, -0.15) is 0 Å². The fourth-order valence-electron chi connectivity index (χ4n) is 4.57. The van der Waals surface area contributed by atoms with Crippen molar-refractivity contribution in [1.82, 2.24) is 10.2 Å². The predicted octanol–water partition coefficient (Wildman–Crippen LogP) is 2.39.